The van der Waals surface area contributed by atoms with E-state index in [1.807, 2.05) is 66.6 Å². The van der Waals surface area contributed by atoms with Gasteiger partial charge in [-0.2, -0.15) is 0 Å². The van der Waals surface area contributed by atoms with Crippen LogP contribution in [0.15, 0.2) is 66.7 Å². The second-order valence-electron chi connectivity index (χ2n) is 12.6. The van der Waals surface area contributed by atoms with Gasteiger partial charge in [-0.25, -0.2) is 0 Å². The van der Waals surface area contributed by atoms with Gasteiger partial charge in [0.15, 0.2) is 0 Å². The third-order valence-corrected chi connectivity index (χ3v) is 8.44. The van der Waals surface area contributed by atoms with Crippen molar-refractivity contribution in [1.82, 2.24) is 20.4 Å². The third-order valence-electron chi connectivity index (χ3n) is 8.44. The van der Waals surface area contributed by atoms with Crippen LogP contribution in [-0.2, 0) is 20.8 Å². The second kappa shape index (κ2) is 19.1. The number of unbranched alkanes of at least 4 members (excludes halogenated alkanes) is 1. The molecule has 246 valence electrons. The van der Waals surface area contributed by atoms with Gasteiger partial charge >= 0.3 is 0 Å². The Hall–Kier alpha value is -3.53. The van der Waals surface area contributed by atoms with Crippen molar-refractivity contribution in [1.29, 1.82) is 0 Å². The lowest BCUT2D eigenvalue weighted by Crippen LogP contribution is -2.56. The molecule has 0 saturated carbocycles. The normalized spacial score (nSPS) is 16.0. The highest BCUT2D eigenvalue weighted by Crippen LogP contribution is 2.18. The first-order chi connectivity index (χ1) is 21.7. The minimum absolute atomic E-state index is 0.0481. The number of amides is 3. The van der Waals surface area contributed by atoms with Crippen molar-refractivity contribution in [2.75, 3.05) is 33.2 Å². The molecule has 2 aromatic rings. The zero-order valence-corrected chi connectivity index (χ0v) is 27.4. The molecular formula is C36H54N6O3. The number of carbonyl (C=O) groups is 3. The van der Waals surface area contributed by atoms with E-state index >= 15 is 0 Å². The van der Waals surface area contributed by atoms with Crippen LogP contribution in [0, 0.1) is 5.92 Å². The maximum Gasteiger partial charge on any atom is 0.246 e. The standard InChI is InChI=1S/C36H54N6O3/c1-27(2)24-33(39-26-30(38)25-29-14-8-5-9-15-29)35(44)40-32(16-10-11-21-37)36(45)42-22-19-31(20-23-42)41(3)34(43)18-17-28-12-6-4-7-13-28/h4-9,12-15,17-18,27,30-33,39H,10-11,16,19-26,37-38H2,1-3H3,(H,40,44). The molecule has 6 N–H and O–H groups in total. The van der Waals surface area contributed by atoms with Crippen LogP contribution in [-0.4, -0.2) is 84.9 Å². The fraction of sp³-hybridized carbons (Fsp3) is 0.528. The Bertz CT molecular complexity index is 1200. The Balaban J connectivity index is 1.57. The van der Waals surface area contributed by atoms with Crippen molar-refractivity contribution >= 4 is 23.8 Å². The van der Waals surface area contributed by atoms with Crippen LogP contribution >= 0.6 is 0 Å². The largest absolute Gasteiger partial charge is 0.343 e. The van der Waals surface area contributed by atoms with Crippen molar-refractivity contribution in [3.05, 3.63) is 77.9 Å². The fourth-order valence-corrected chi connectivity index (χ4v) is 5.78. The van der Waals surface area contributed by atoms with Crippen LogP contribution in [0.25, 0.3) is 6.08 Å². The Morgan fingerprint density at radius 1 is 0.978 bits per heavy atom. The molecule has 1 heterocycles. The number of piperidine rings is 1. The van der Waals surface area contributed by atoms with Gasteiger partial charge in [0.25, 0.3) is 0 Å². The van der Waals surface area contributed by atoms with Gasteiger partial charge in [-0.1, -0.05) is 74.5 Å². The second-order valence-corrected chi connectivity index (χ2v) is 12.6. The summed E-state index contributed by atoms with van der Waals surface area (Å²) in [5.74, 6) is -0.0121. The fourth-order valence-electron chi connectivity index (χ4n) is 5.78. The van der Waals surface area contributed by atoms with Crippen LogP contribution in [0.1, 0.15) is 63.5 Å². The molecule has 3 amide bonds. The smallest absolute Gasteiger partial charge is 0.246 e. The van der Waals surface area contributed by atoms with E-state index in [2.05, 4.69) is 36.6 Å². The summed E-state index contributed by atoms with van der Waals surface area (Å²) in [4.78, 5) is 43.8. The first-order valence-electron chi connectivity index (χ1n) is 16.5. The van der Waals surface area contributed by atoms with E-state index in [4.69, 9.17) is 11.5 Å². The predicted molar refractivity (Wildman–Crippen MR) is 182 cm³/mol. The summed E-state index contributed by atoms with van der Waals surface area (Å²) < 4.78 is 0. The zero-order chi connectivity index (χ0) is 32.6. The van der Waals surface area contributed by atoms with Gasteiger partial charge in [0, 0.05) is 44.8 Å². The number of benzene rings is 2. The Kier molecular flexibility index (Phi) is 15.2. The maximum atomic E-state index is 13.8. The monoisotopic (exact) mass is 618 g/mol. The summed E-state index contributed by atoms with van der Waals surface area (Å²) in [6.45, 7) is 6.27. The zero-order valence-electron chi connectivity index (χ0n) is 27.4. The van der Waals surface area contributed by atoms with Crippen LogP contribution in [0.4, 0.5) is 0 Å². The molecule has 45 heavy (non-hydrogen) atoms. The van der Waals surface area contributed by atoms with Gasteiger partial charge in [-0.3, -0.25) is 14.4 Å². The quantitative estimate of drug-likeness (QED) is 0.159. The number of likely N-dealkylation sites (N-methyl/N-ethyl adjacent to an activating group) is 1. The van der Waals surface area contributed by atoms with Gasteiger partial charge < -0.3 is 31.9 Å². The van der Waals surface area contributed by atoms with Crippen molar-refractivity contribution in [2.24, 2.45) is 17.4 Å². The van der Waals surface area contributed by atoms with E-state index in [0.717, 1.165) is 24.0 Å². The lowest BCUT2D eigenvalue weighted by atomic mass is 9.99. The lowest BCUT2D eigenvalue weighted by Gasteiger charge is -2.38. The molecule has 0 aromatic heterocycles. The molecule has 2 aromatic carbocycles. The average Bonchev–Trinajstić information content (AvgIpc) is 3.05. The molecule has 1 fully saturated rings. The molecule has 3 atom stereocenters. The minimum atomic E-state index is -0.622. The molecule has 0 aliphatic carbocycles. The van der Waals surface area contributed by atoms with Crippen LogP contribution in [0.5, 0.6) is 0 Å². The number of hydrogen-bond acceptors (Lipinski definition) is 6. The summed E-state index contributed by atoms with van der Waals surface area (Å²) in [7, 11) is 1.82. The Morgan fingerprint density at radius 3 is 2.24 bits per heavy atom. The molecule has 9 heteroatoms. The molecule has 0 spiro atoms. The predicted octanol–water partition coefficient (Wildman–Crippen LogP) is 3.34. The van der Waals surface area contributed by atoms with Gasteiger partial charge in [0.05, 0.1) is 6.04 Å². The topological polar surface area (TPSA) is 134 Å². The number of nitrogens with two attached hydrogens (primary N) is 2. The van der Waals surface area contributed by atoms with Crippen molar-refractivity contribution < 1.29 is 14.4 Å². The number of likely N-dealkylation sites (tertiary alicyclic amines) is 1. The van der Waals surface area contributed by atoms with Crippen LogP contribution < -0.4 is 22.1 Å². The molecule has 9 nitrogen and oxygen atoms in total. The van der Waals surface area contributed by atoms with Crippen molar-refractivity contribution in [2.45, 2.75) is 83.0 Å². The highest BCUT2D eigenvalue weighted by atomic mass is 16.2. The van der Waals surface area contributed by atoms with E-state index in [1.165, 1.54) is 0 Å². The van der Waals surface area contributed by atoms with E-state index in [0.29, 0.717) is 58.3 Å². The van der Waals surface area contributed by atoms with Crippen molar-refractivity contribution in [3.63, 3.8) is 0 Å². The third kappa shape index (κ3) is 12.4. The molecule has 3 unspecified atom stereocenters. The highest BCUT2D eigenvalue weighted by Gasteiger charge is 2.32. The van der Waals surface area contributed by atoms with E-state index in [1.54, 1.807) is 11.0 Å². The summed E-state index contributed by atoms with van der Waals surface area (Å²) >= 11 is 0. The molecule has 3 rings (SSSR count). The van der Waals surface area contributed by atoms with Gasteiger partial charge in [-0.05, 0) is 74.6 Å². The molecule has 0 radical (unpaired) electrons. The number of nitrogens with one attached hydrogen (secondary N) is 2. The summed E-state index contributed by atoms with van der Waals surface area (Å²) in [5.41, 5.74) is 14.3. The first kappa shape index (κ1) is 35.9. The van der Waals surface area contributed by atoms with E-state index in [9.17, 15) is 14.4 Å². The number of hydrogen-bond donors (Lipinski definition) is 4. The first-order valence-corrected chi connectivity index (χ1v) is 16.5. The number of nitrogens with zero attached hydrogens (tertiary/aromatic N) is 2. The molecule has 1 saturated heterocycles. The Labute approximate surface area is 269 Å². The molecule has 1 aliphatic rings. The van der Waals surface area contributed by atoms with Crippen molar-refractivity contribution in [3.8, 4) is 0 Å². The number of rotatable bonds is 17. The van der Waals surface area contributed by atoms with Crippen LogP contribution in [0.3, 0.4) is 0 Å². The molecule has 1 aliphatic heterocycles. The lowest BCUT2D eigenvalue weighted by molar-refractivity contribution is -0.139. The maximum absolute atomic E-state index is 13.8. The summed E-state index contributed by atoms with van der Waals surface area (Å²) in [5, 5.41) is 6.48. The SMILES string of the molecule is CC(C)CC(NCC(N)Cc1ccccc1)C(=O)NC(CCCCN)C(=O)N1CCC(N(C)C(=O)C=Cc2ccccc2)CC1. The average molecular weight is 619 g/mol. The number of carbonyl (C=O) groups excluding carboxylic acids is 3. The van der Waals surface area contributed by atoms with E-state index < -0.39 is 12.1 Å². The summed E-state index contributed by atoms with van der Waals surface area (Å²) in [6.07, 6.45) is 8.22. The van der Waals surface area contributed by atoms with Crippen LogP contribution in [0.2, 0.25) is 0 Å². The minimum Gasteiger partial charge on any atom is -0.343 e. The molecule has 0 bridgehead atoms. The Morgan fingerprint density at radius 2 is 1.62 bits per heavy atom. The van der Waals surface area contributed by atoms with Gasteiger partial charge in [0.1, 0.15) is 6.04 Å². The van der Waals surface area contributed by atoms with Gasteiger partial charge in [0.2, 0.25) is 17.7 Å². The van der Waals surface area contributed by atoms with E-state index in [-0.39, 0.29) is 35.7 Å². The molecular weight excluding hydrogens is 564 g/mol. The summed E-state index contributed by atoms with van der Waals surface area (Å²) in [6, 6.07) is 18.7. The van der Waals surface area contributed by atoms with Gasteiger partial charge in [-0.15, -0.1) is 0 Å². The highest BCUT2D eigenvalue weighted by molar-refractivity contribution is 5.92.